The van der Waals surface area contributed by atoms with Gasteiger partial charge in [0.2, 0.25) is 0 Å². The molecule has 0 saturated carbocycles. The van der Waals surface area contributed by atoms with Crippen LogP contribution in [0.15, 0.2) is 35.0 Å². The SMILES string of the molecule is O=C(NCCc1ccsc1)c1cccc(C(F)(F)F)c1F. The minimum absolute atomic E-state index is 0.227. The number of thiophene rings is 1. The van der Waals surface area contributed by atoms with Crippen LogP contribution in [-0.4, -0.2) is 12.5 Å². The molecular weight excluding hydrogens is 306 g/mol. The first-order valence-corrected chi connectivity index (χ1v) is 6.99. The number of nitrogens with one attached hydrogen (secondary N) is 1. The van der Waals surface area contributed by atoms with E-state index in [9.17, 15) is 22.4 Å². The van der Waals surface area contributed by atoms with Crippen LogP contribution >= 0.6 is 11.3 Å². The zero-order valence-electron chi connectivity index (χ0n) is 10.7. The number of benzene rings is 1. The van der Waals surface area contributed by atoms with Crippen molar-refractivity contribution in [2.24, 2.45) is 0 Å². The molecule has 0 spiro atoms. The molecule has 0 saturated heterocycles. The fourth-order valence-corrected chi connectivity index (χ4v) is 2.48. The van der Waals surface area contributed by atoms with E-state index in [4.69, 9.17) is 0 Å². The molecule has 1 heterocycles. The molecule has 1 aromatic carbocycles. The Labute approximate surface area is 122 Å². The number of rotatable bonds is 4. The van der Waals surface area contributed by atoms with E-state index in [1.165, 1.54) is 11.3 Å². The normalized spacial score (nSPS) is 11.4. The van der Waals surface area contributed by atoms with Crippen molar-refractivity contribution < 1.29 is 22.4 Å². The molecule has 112 valence electrons. The fraction of sp³-hybridized carbons (Fsp3) is 0.214. The fourth-order valence-electron chi connectivity index (χ4n) is 1.78. The van der Waals surface area contributed by atoms with Crippen molar-refractivity contribution in [2.75, 3.05) is 6.54 Å². The molecule has 0 aliphatic heterocycles. The number of hydrogen-bond donors (Lipinski definition) is 1. The lowest BCUT2D eigenvalue weighted by Crippen LogP contribution is -2.27. The maximum atomic E-state index is 13.7. The first-order chi connectivity index (χ1) is 9.89. The summed E-state index contributed by atoms with van der Waals surface area (Å²) in [6.07, 6.45) is -4.28. The van der Waals surface area contributed by atoms with Crippen molar-refractivity contribution in [1.29, 1.82) is 0 Å². The van der Waals surface area contributed by atoms with Gasteiger partial charge in [0.1, 0.15) is 5.82 Å². The third-order valence-corrected chi connectivity index (χ3v) is 3.56. The number of hydrogen-bond acceptors (Lipinski definition) is 2. The molecule has 0 radical (unpaired) electrons. The summed E-state index contributed by atoms with van der Waals surface area (Å²) in [6, 6.07) is 4.53. The van der Waals surface area contributed by atoms with Crippen molar-refractivity contribution in [3.05, 3.63) is 57.5 Å². The van der Waals surface area contributed by atoms with Gasteiger partial charge in [-0.1, -0.05) is 6.07 Å². The molecular formula is C14H11F4NOS. The summed E-state index contributed by atoms with van der Waals surface area (Å²) in [5.41, 5.74) is -1.03. The summed E-state index contributed by atoms with van der Waals surface area (Å²) in [5, 5.41) is 6.19. The number of halogens is 4. The Balaban J connectivity index is 2.05. The van der Waals surface area contributed by atoms with Gasteiger partial charge in [-0.3, -0.25) is 4.79 Å². The smallest absolute Gasteiger partial charge is 0.352 e. The van der Waals surface area contributed by atoms with Gasteiger partial charge in [0.25, 0.3) is 5.91 Å². The standard InChI is InChI=1S/C14H11F4NOS/c15-12-10(2-1-3-11(12)14(16,17)18)13(20)19-6-4-9-5-7-21-8-9/h1-3,5,7-8H,4,6H2,(H,19,20). The summed E-state index contributed by atoms with van der Waals surface area (Å²) in [6.45, 7) is 0.227. The number of amides is 1. The van der Waals surface area contributed by atoms with Crippen LogP contribution in [0.25, 0.3) is 0 Å². The van der Waals surface area contributed by atoms with Gasteiger partial charge in [-0.05, 0) is 40.9 Å². The Morgan fingerprint density at radius 3 is 2.62 bits per heavy atom. The Hall–Kier alpha value is -1.89. The van der Waals surface area contributed by atoms with Gasteiger partial charge in [-0.2, -0.15) is 24.5 Å². The lowest BCUT2D eigenvalue weighted by atomic mass is 10.1. The predicted molar refractivity (Wildman–Crippen MR) is 71.8 cm³/mol. The number of alkyl halides is 3. The molecule has 0 bridgehead atoms. The average molecular weight is 317 g/mol. The van der Waals surface area contributed by atoms with E-state index in [1.54, 1.807) is 0 Å². The highest BCUT2D eigenvalue weighted by Crippen LogP contribution is 2.32. The Morgan fingerprint density at radius 1 is 1.24 bits per heavy atom. The minimum atomic E-state index is -4.82. The molecule has 2 aromatic rings. The molecule has 0 fully saturated rings. The van der Waals surface area contributed by atoms with Crippen LogP contribution in [0.5, 0.6) is 0 Å². The molecule has 21 heavy (non-hydrogen) atoms. The molecule has 2 nitrogen and oxygen atoms in total. The van der Waals surface area contributed by atoms with Gasteiger partial charge in [0.15, 0.2) is 0 Å². The minimum Gasteiger partial charge on any atom is -0.352 e. The van der Waals surface area contributed by atoms with Crippen molar-refractivity contribution in [1.82, 2.24) is 5.32 Å². The monoisotopic (exact) mass is 317 g/mol. The van der Waals surface area contributed by atoms with Crippen LogP contribution in [0.1, 0.15) is 21.5 Å². The second-order valence-electron chi connectivity index (χ2n) is 4.30. The van der Waals surface area contributed by atoms with Crippen molar-refractivity contribution >= 4 is 17.2 Å². The maximum absolute atomic E-state index is 13.7. The summed E-state index contributed by atoms with van der Waals surface area (Å²) in [4.78, 5) is 11.8. The third kappa shape index (κ3) is 3.81. The van der Waals surface area contributed by atoms with Gasteiger partial charge in [0.05, 0.1) is 11.1 Å². The molecule has 1 aromatic heterocycles. The highest BCUT2D eigenvalue weighted by atomic mass is 32.1. The Kier molecular flexibility index (Phi) is 4.62. The summed E-state index contributed by atoms with van der Waals surface area (Å²) >= 11 is 1.50. The average Bonchev–Trinajstić information content (AvgIpc) is 2.90. The second-order valence-corrected chi connectivity index (χ2v) is 5.08. The largest absolute Gasteiger partial charge is 0.419 e. The van der Waals surface area contributed by atoms with Crippen LogP contribution in [0, 0.1) is 5.82 Å². The zero-order valence-corrected chi connectivity index (χ0v) is 11.5. The van der Waals surface area contributed by atoms with Crippen LogP contribution in [0.4, 0.5) is 17.6 Å². The van der Waals surface area contributed by atoms with Gasteiger partial charge in [0, 0.05) is 6.54 Å². The maximum Gasteiger partial charge on any atom is 0.419 e. The number of carbonyl (C=O) groups is 1. The lowest BCUT2D eigenvalue weighted by Gasteiger charge is -2.11. The van der Waals surface area contributed by atoms with Crippen molar-refractivity contribution in [3.63, 3.8) is 0 Å². The first-order valence-electron chi connectivity index (χ1n) is 6.04. The van der Waals surface area contributed by atoms with E-state index in [-0.39, 0.29) is 6.54 Å². The Morgan fingerprint density at radius 2 is 2.00 bits per heavy atom. The van der Waals surface area contributed by atoms with Crippen LogP contribution in [0.2, 0.25) is 0 Å². The van der Waals surface area contributed by atoms with Gasteiger partial charge < -0.3 is 5.32 Å². The third-order valence-electron chi connectivity index (χ3n) is 2.83. The van der Waals surface area contributed by atoms with E-state index < -0.39 is 29.0 Å². The topological polar surface area (TPSA) is 29.1 Å². The molecule has 0 aliphatic carbocycles. The van der Waals surface area contributed by atoms with Crippen LogP contribution in [0.3, 0.4) is 0 Å². The first kappa shape index (κ1) is 15.5. The van der Waals surface area contributed by atoms with Crippen LogP contribution in [-0.2, 0) is 12.6 Å². The van der Waals surface area contributed by atoms with Crippen molar-refractivity contribution in [2.45, 2.75) is 12.6 Å². The Bertz CT molecular complexity index is 622. The molecule has 1 N–H and O–H groups in total. The van der Waals surface area contributed by atoms with E-state index >= 15 is 0 Å². The quantitative estimate of drug-likeness (QED) is 0.852. The van der Waals surface area contributed by atoms with Gasteiger partial charge >= 0.3 is 6.18 Å². The predicted octanol–water partition coefficient (Wildman–Crippen LogP) is 3.88. The summed E-state index contributed by atoms with van der Waals surface area (Å²) < 4.78 is 51.4. The molecule has 7 heteroatoms. The van der Waals surface area contributed by atoms with E-state index in [0.717, 1.165) is 17.7 Å². The molecule has 1 amide bonds. The zero-order chi connectivity index (χ0) is 15.5. The van der Waals surface area contributed by atoms with E-state index in [2.05, 4.69) is 5.32 Å². The molecule has 0 unspecified atom stereocenters. The lowest BCUT2D eigenvalue weighted by molar-refractivity contribution is -0.140. The molecule has 0 atom stereocenters. The van der Waals surface area contributed by atoms with Gasteiger partial charge in [-0.25, -0.2) is 4.39 Å². The number of carbonyl (C=O) groups excluding carboxylic acids is 1. The van der Waals surface area contributed by atoms with Crippen molar-refractivity contribution in [3.8, 4) is 0 Å². The van der Waals surface area contributed by atoms with Gasteiger partial charge in [-0.15, -0.1) is 0 Å². The molecule has 0 aliphatic rings. The van der Waals surface area contributed by atoms with E-state index in [1.807, 2.05) is 16.8 Å². The van der Waals surface area contributed by atoms with E-state index in [0.29, 0.717) is 12.5 Å². The highest BCUT2D eigenvalue weighted by molar-refractivity contribution is 7.07. The molecule has 2 rings (SSSR count). The van der Waals surface area contributed by atoms with Crippen LogP contribution < -0.4 is 5.32 Å². The summed E-state index contributed by atoms with van der Waals surface area (Å²) in [7, 11) is 0. The summed E-state index contributed by atoms with van der Waals surface area (Å²) in [5.74, 6) is -2.40. The second kappa shape index (κ2) is 6.26. The highest BCUT2D eigenvalue weighted by Gasteiger charge is 2.35.